The number of aliphatic hydroxyl groups excluding tert-OH is 1. The van der Waals surface area contributed by atoms with Crippen molar-refractivity contribution < 1.29 is 9.50 Å². The number of aliphatic hydroxyl groups is 1. The smallest absolute Gasteiger partial charge is 0.142 e. The van der Waals surface area contributed by atoms with Crippen molar-refractivity contribution in [1.82, 2.24) is 4.90 Å². The van der Waals surface area contributed by atoms with Gasteiger partial charge in [0.2, 0.25) is 0 Å². The van der Waals surface area contributed by atoms with E-state index in [2.05, 4.69) is 0 Å². The molecule has 0 radical (unpaired) electrons. The highest BCUT2D eigenvalue weighted by molar-refractivity contribution is 6.31. The molecule has 0 spiro atoms. The fraction of sp³-hybridized carbons (Fsp3) is 0.500. The second kappa shape index (κ2) is 6.18. The second-order valence-electron chi connectivity index (χ2n) is 4.16. The summed E-state index contributed by atoms with van der Waals surface area (Å²) in [5.41, 5.74) is 0.660. The average molecular weight is 246 g/mol. The largest absolute Gasteiger partial charge is 0.393 e. The van der Waals surface area contributed by atoms with Crippen LogP contribution in [0.25, 0.3) is 0 Å². The zero-order valence-corrected chi connectivity index (χ0v) is 10.3. The first-order valence-corrected chi connectivity index (χ1v) is 5.64. The van der Waals surface area contributed by atoms with Gasteiger partial charge in [-0.2, -0.15) is 0 Å². The molecular formula is C12H17ClFNO. The van der Waals surface area contributed by atoms with Crippen LogP contribution >= 0.6 is 11.6 Å². The maximum absolute atomic E-state index is 13.1. The molecular weight excluding hydrogens is 229 g/mol. The molecule has 0 saturated heterocycles. The molecule has 1 N–H and O–H groups in total. The molecule has 1 aromatic rings. The third-order valence-electron chi connectivity index (χ3n) is 2.40. The third-order valence-corrected chi connectivity index (χ3v) is 2.82. The molecule has 0 aromatic heterocycles. The zero-order chi connectivity index (χ0) is 12.1. The summed E-state index contributed by atoms with van der Waals surface area (Å²) in [6.45, 7) is 0.800. The van der Waals surface area contributed by atoms with Gasteiger partial charge in [-0.1, -0.05) is 23.7 Å². The number of hydrogen-bond acceptors (Lipinski definition) is 2. The topological polar surface area (TPSA) is 23.5 Å². The van der Waals surface area contributed by atoms with E-state index >= 15 is 0 Å². The van der Waals surface area contributed by atoms with Gasteiger partial charge in [0.25, 0.3) is 0 Å². The Morgan fingerprint density at radius 2 is 2.12 bits per heavy atom. The third kappa shape index (κ3) is 4.08. The lowest BCUT2D eigenvalue weighted by atomic mass is 10.1. The van der Waals surface area contributed by atoms with Crippen LogP contribution in [-0.4, -0.2) is 36.8 Å². The fourth-order valence-corrected chi connectivity index (χ4v) is 1.67. The summed E-state index contributed by atoms with van der Waals surface area (Å²) in [4.78, 5) is 2.00. The number of nitrogens with zero attached hydrogens (tertiary/aromatic N) is 1. The minimum Gasteiger partial charge on any atom is -0.393 e. The summed E-state index contributed by atoms with van der Waals surface area (Å²) in [5, 5.41) is 9.88. The maximum atomic E-state index is 13.1. The molecule has 0 aliphatic rings. The van der Waals surface area contributed by atoms with Crippen LogP contribution in [0.1, 0.15) is 12.0 Å². The number of rotatable bonds is 5. The molecule has 1 atom stereocenters. The molecule has 1 unspecified atom stereocenters. The van der Waals surface area contributed by atoms with E-state index in [0.29, 0.717) is 18.4 Å². The Morgan fingerprint density at radius 1 is 1.44 bits per heavy atom. The number of hydrogen-bond donors (Lipinski definition) is 1. The molecule has 1 aromatic carbocycles. The molecule has 0 bridgehead atoms. The van der Waals surface area contributed by atoms with Crippen molar-refractivity contribution in [1.29, 1.82) is 0 Å². The van der Waals surface area contributed by atoms with E-state index in [4.69, 9.17) is 11.6 Å². The molecule has 0 fully saturated rings. The molecule has 2 nitrogen and oxygen atoms in total. The standard InChI is InChI=1S/C12H17ClFNO/c1-15(2)7-6-10(16)8-9-4-3-5-11(14)12(9)13/h3-5,10,16H,6-8H2,1-2H3. The molecule has 0 aliphatic heterocycles. The predicted molar refractivity (Wildman–Crippen MR) is 64.3 cm³/mol. The molecule has 4 heteroatoms. The molecule has 16 heavy (non-hydrogen) atoms. The van der Waals surface area contributed by atoms with Gasteiger partial charge >= 0.3 is 0 Å². The lowest BCUT2D eigenvalue weighted by molar-refractivity contribution is 0.152. The summed E-state index contributed by atoms with van der Waals surface area (Å²) >= 11 is 5.80. The van der Waals surface area contributed by atoms with E-state index < -0.39 is 11.9 Å². The summed E-state index contributed by atoms with van der Waals surface area (Å²) in [5.74, 6) is -0.432. The Labute approximate surface area is 101 Å². The van der Waals surface area contributed by atoms with Crippen molar-refractivity contribution in [2.45, 2.75) is 18.9 Å². The van der Waals surface area contributed by atoms with Gasteiger partial charge < -0.3 is 10.0 Å². The van der Waals surface area contributed by atoms with Gasteiger partial charge in [-0.3, -0.25) is 0 Å². The molecule has 0 saturated carbocycles. The van der Waals surface area contributed by atoms with Crippen molar-refractivity contribution in [3.8, 4) is 0 Å². The highest BCUT2D eigenvalue weighted by Gasteiger charge is 2.11. The van der Waals surface area contributed by atoms with Crippen LogP contribution in [0.4, 0.5) is 4.39 Å². The van der Waals surface area contributed by atoms with E-state index in [0.717, 1.165) is 6.54 Å². The number of halogens is 2. The van der Waals surface area contributed by atoms with Gasteiger partial charge in [0.15, 0.2) is 0 Å². The van der Waals surface area contributed by atoms with Gasteiger partial charge in [0, 0.05) is 0 Å². The van der Waals surface area contributed by atoms with Crippen molar-refractivity contribution in [3.63, 3.8) is 0 Å². The normalized spacial score (nSPS) is 13.1. The van der Waals surface area contributed by atoms with E-state index in [1.807, 2.05) is 19.0 Å². The van der Waals surface area contributed by atoms with Crippen LogP contribution < -0.4 is 0 Å². The van der Waals surface area contributed by atoms with Crippen LogP contribution in [-0.2, 0) is 6.42 Å². The first-order valence-electron chi connectivity index (χ1n) is 5.26. The minimum absolute atomic E-state index is 0.117. The van der Waals surface area contributed by atoms with Gasteiger partial charge in [-0.05, 0) is 45.1 Å². The zero-order valence-electron chi connectivity index (χ0n) is 9.58. The van der Waals surface area contributed by atoms with E-state index in [9.17, 15) is 9.50 Å². The highest BCUT2D eigenvalue weighted by Crippen LogP contribution is 2.21. The summed E-state index contributed by atoms with van der Waals surface area (Å²) < 4.78 is 13.1. The highest BCUT2D eigenvalue weighted by atomic mass is 35.5. The van der Waals surface area contributed by atoms with Gasteiger partial charge in [0.05, 0.1) is 11.1 Å². The second-order valence-corrected chi connectivity index (χ2v) is 4.54. The van der Waals surface area contributed by atoms with Crippen LogP contribution in [0, 0.1) is 5.82 Å². The summed E-state index contributed by atoms with van der Waals surface area (Å²) in [6, 6.07) is 4.66. The Hall–Kier alpha value is -0.640. The molecule has 0 amide bonds. The Bertz CT molecular complexity index is 344. The van der Waals surface area contributed by atoms with Crippen molar-refractivity contribution >= 4 is 11.6 Å². The van der Waals surface area contributed by atoms with E-state index in [-0.39, 0.29) is 5.02 Å². The van der Waals surface area contributed by atoms with Gasteiger partial charge in [-0.15, -0.1) is 0 Å². The molecule has 1 rings (SSSR count). The number of benzene rings is 1. The lowest BCUT2D eigenvalue weighted by Crippen LogP contribution is -2.21. The lowest BCUT2D eigenvalue weighted by Gasteiger charge is -2.15. The summed E-state index contributed by atoms with van der Waals surface area (Å²) in [6.07, 6.45) is 0.561. The molecule has 0 heterocycles. The van der Waals surface area contributed by atoms with Gasteiger partial charge in [-0.25, -0.2) is 4.39 Å². The average Bonchev–Trinajstić information content (AvgIpc) is 2.22. The van der Waals surface area contributed by atoms with Crippen LogP contribution in [0.3, 0.4) is 0 Å². The fourth-order valence-electron chi connectivity index (χ4n) is 1.47. The van der Waals surface area contributed by atoms with Crippen molar-refractivity contribution in [3.05, 3.63) is 34.6 Å². The molecule has 0 aliphatic carbocycles. The predicted octanol–water partition coefficient (Wildman–Crippen LogP) is 2.33. The first kappa shape index (κ1) is 13.4. The van der Waals surface area contributed by atoms with E-state index in [1.165, 1.54) is 6.07 Å². The van der Waals surface area contributed by atoms with Crippen LogP contribution in [0.2, 0.25) is 5.02 Å². The van der Waals surface area contributed by atoms with Gasteiger partial charge in [0.1, 0.15) is 5.82 Å². The Balaban J connectivity index is 2.56. The Morgan fingerprint density at radius 3 is 2.75 bits per heavy atom. The first-order chi connectivity index (χ1) is 7.50. The van der Waals surface area contributed by atoms with Crippen LogP contribution in [0.5, 0.6) is 0 Å². The monoisotopic (exact) mass is 245 g/mol. The SMILES string of the molecule is CN(C)CCC(O)Cc1cccc(F)c1Cl. The van der Waals surface area contributed by atoms with E-state index in [1.54, 1.807) is 12.1 Å². The Kier molecular flexibility index (Phi) is 5.19. The summed E-state index contributed by atoms with van der Waals surface area (Å²) in [7, 11) is 3.89. The van der Waals surface area contributed by atoms with Crippen LogP contribution in [0.15, 0.2) is 18.2 Å². The van der Waals surface area contributed by atoms with Crippen molar-refractivity contribution in [2.24, 2.45) is 0 Å². The maximum Gasteiger partial charge on any atom is 0.142 e. The quantitative estimate of drug-likeness (QED) is 0.861. The molecule has 90 valence electrons. The minimum atomic E-state index is -0.485. The van der Waals surface area contributed by atoms with Crippen molar-refractivity contribution in [2.75, 3.05) is 20.6 Å².